The molecule has 0 radical (unpaired) electrons. The predicted molar refractivity (Wildman–Crippen MR) is 145 cm³/mol. The quantitative estimate of drug-likeness (QED) is 0.238. The Hall–Kier alpha value is -3.03. The highest BCUT2D eigenvalue weighted by atomic mass is 32.2. The summed E-state index contributed by atoms with van der Waals surface area (Å²) in [5.74, 6) is -0.897. The van der Waals surface area contributed by atoms with Gasteiger partial charge in [-0.3, -0.25) is 13.9 Å². The molecule has 2 aromatic carbocycles. The number of ether oxygens (including phenoxy) is 1. The number of rotatable bonds is 9. The van der Waals surface area contributed by atoms with Crippen LogP contribution in [0.5, 0.6) is 0 Å². The number of piperidine rings is 1. The normalized spacial score (nSPS) is 18.5. The van der Waals surface area contributed by atoms with Gasteiger partial charge < -0.3 is 20.7 Å². The first-order chi connectivity index (χ1) is 18.4. The number of para-hydroxylation sites is 1. The number of hydrogen-bond donors (Lipinski definition) is 3. The van der Waals surface area contributed by atoms with Crippen molar-refractivity contribution in [3.8, 4) is 0 Å². The zero-order chi connectivity index (χ0) is 28.4. The van der Waals surface area contributed by atoms with Gasteiger partial charge in [-0.25, -0.2) is 18.6 Å². The second kappa shape index (κ2) is 11.2. The van der Waals surface area contributed by atoms with Crippen LogP contribution in [0, 0.1) is 0 Å². The SMILES string of the molecule is CC(C)(N)C(=O)N[C@H](COC(OO)c1ccccc1)C(=O)N1CCC2(CC1)CN(S([14CH3])(=O)=O)c1ccccc12. The van der Waals surface area contributed by atoms with Crippen molar-refractivity contribution in [1.82, 2.24) is 10.2 Å². The van der Waals surface area contributed by atoms with Crippen LogP contribution in [0.1, 0.15) is 44.1 Å². The standard InChI is InChI=1S/C27H36N4O7S/c1-26(2,28)25(33)29-21(17-37-24(38-34)19-9-5-4-6-10-19)23(32)30-15-13-27(14-16-30)18-31(39(3,35)36)22-12-8-7-11-20(22)27/h4-12,21,24,34H,13-18,28H2,1-3H3,(H,29,33)/t21-,24?/m1/s1/i3+2. The zero-order valence-electron chi connectivity index (χ0n) is 22.4. The van der Waals surface area contributed by atoms with Crippen LogP contribution in [0.4, 0.5) is 5.69 Å². The number of carbonyl (C=O) groups is 2. The molecule has 0 aliphatic carbocycles. The molecule has 1 saturated heterocycles. The van der Waals surface area contributed by atoms with E-state index in [-0.39, 0.29) is 12.5 Å². The first-order valence-corrected chi connectivity index (χ1v) is 14.6. The summed E-state index contributed by atoms with van der Waals surface area (Å²) in [6.45, 7) is 3.84. The fourth-order valence-electron chi connectivity index (χ4n) is 5.18. The maximum absolute atomic E-state index is 13.7. The van der Waals surface area contributed by atoms with Gasteiger partial charge in [0.25, 0.3) is 0 Å². The van der Waals surface area contributed by atoms with Gasteiger partial charge in [0.05, 0.1) is 24.1 Å². The summed E-state index contributed by atoms with van der Waals surface area (Å²) in [5, 5.41) is 12.1. The van der Waals surface area contributed by atoms with Gasteiger partial charge >= 0.3 is 0 Å². The van der Waals surface area contributed by atoms with E-state index in [4.69, 9.17) is 10.5 Å². The van der Waals surface area contributed by atoms with Gasteiger partial charge in [0, 0.05) is 30.6 Å². The number of carbonyl (C=O) groups excluding carboxylic acids is 2. The minimum Gasteiger partial charge on any atom is -0.343 e. The number of fused-ring (bicyclic) bond motifs is 2. The van der Waals surface area contributed by atoms with E-state index in [9.17, 15) is 23.3 Å². The Bertz CT molecular complexity index is 1290. The summed E-state index contributed by atoms with van der Waals surface area (Å²) >= 11 is 0. The molecule has 2 atom stereocenters. The number of nitrogens with two attached hydrogens (primary N) is 1. The Morgan fingerprint density at radius 3 is 2.33 bits per heavy atom. The van der Waals surface area contributed by atoms with Crippen molar-refractivity contribution < 1.29 is 32.9 Å². The minimum absolute atomic E-state index is 0.271. The molecule has 0 saturated carbocycles. The van der Waals surface area contributed by atoms with E-state index < -0.39 is 39.2 Å². The van der Waals surface area contributed by atoms with E-state index in [1.165, 1.54) is 24.4 Å². The van der Waals surface area contributed by atoms with Crippen LogP contribution >= 0.6 is 0 Å². The molecule has 1 spiro atoms. The van der Waals surface area contributed by atoms with Gasteiger partial charge in [0.2, 0.25) is 28.1 Å². The number of sulfonamides is 1. The first-order valence-electron chi connectivity index (χ1n) is 12.8. The largest absolute Gasteiger partial charge is 0.343 e. The molecule has 212 valence electrons. The lowest BCUT2D eigenvalue weighted by atomic mass is 9.74. The van der Waals surface area contributed by atoms with Gasteiger partial charge in [-0.1, -0.05) is 48.5 Å². The van der Waals surface area contributed by atoms with Crippen LogP contribution in [0.15, 0.2) is 54.6 Å². The van der Waals surface area contributed by atoms with Crippen molar-refractivity contribution in [2.45, 2.75) is 50.0 Å². The molecule has 2 aliphatic heterocycles. The fraction of sp³-hybridized carbons (Fsp3) is 0.481. The molecule has 11 nitrogen and oxygen atoms in total. The molecule has 2 heterocycles. The zero-order valence-corrected chi connectivity index (χ0v) is 23.2. The van der Waals surface area contributed by atoms with Crippen LogP contribution in [0.2, 0.25) is 0 Å². The molecule has 2 aliphatic rings. The Morgan fingerprint density at radius 2 is 1.74 bits per heavy atom. The average molecular weight is 563 g/mol. The van der Waals surface area contributed by atoms with E-state index in [1.807, 2.05) is 24.3 Å². The van der Waals surface area contributed by atoms with Gasteiger partial charge in [-0.15, -0.1) is 0 Å². The number of anilines is 1. The van der Waals surface area contributed by atoms with Crippen LogP contribution in [-0.4, -0.2) is 74.5 Å². The molecule has 0 bridgehead atoms. The molecular weight excluding hydrogens is 526 g/mol. The van der Waals surface area contributed by atoms with E-state index in [0.29, 0.717) is 43.7 Å². The summed E-state index contributed by atoms with van der Waals surface area (Å²) in [7, 11) is -3.46. The first kappa shape index (κ1) is 29.0. The number of nitrogens with zero attached hydrogens (tertiary/aromatic N) is 2. The summed E-state index contributed by atoms with van der Waals surface area (Å²) in [5.41, 5.74) is 6.49. The second-order valence-corrected chi connectivity index (χ2v) is 12.7. The van der Waals surface area contributed by atoms with Gasteiger partial charge in [-0.05, 0) is 38.3 Å². The van der Waals surface area contributed by atoms with E-state index in [2.05, 4.69) is 10.2 Å². The van der Waals surface area contributed by atoms with Crippen molar-refractivity contribution in [3.63, 3.8) is 0 Å². The van der Waals surface area contributed by atoms with E-state index >= 15 is 0 Å². The predicted octanol–water partition coefficient (Wildman–Crippen LogP) is 1.75. The van der Waals surface area contributed by atoms with Gasteiger partial charge in [0.15, 0.2) is 0 Å². The third-order valence-electron chi connectivity index (χ3n) is 7.39. The van der Waals surface area contributed by atoms with Crippen LogP contribution in [-0.2, 0) is 34.7 Å². The molecule has 1 unspecified atom stereocenters. The maximum atomic E-state index is 13.7. The Labute approximate surface area is 228 Å². The number of hydrogen-bond acceptors (Lipinski definition) is 8. The van der Waals surface area contributed by atoms with Crippen molar-refractivity contribution in [2.24, 2.45) is 5.73 Å². The number of likely N-dealkylation sites (tertiary alicyclic amines) is 1. The lowest BCUT2D eigenvalue weighted by Gasteiger charge is -2.41. The van der Waals surface area contributed by atoms with E-state index in [0.717, 1.165) is 5.56 Å². The highest BCUT2D eigenvalue weighted by Gasteiger charge is 2.48. The van der Waals surface area contributed by atoms with Crippen LogP contribution in [0.3, 0.4) is 0 Å². The molecule has 12 heteroatoms. The third kappa shape index (κ3) is 6.25. The molecule has 2 aromatic rings. The number of amides is 2. The Kier molecular flexibility index (Phi) is 8.33. The highest BCUT2D eigenvalue weighted by molar-refractivity contribution is 7.92. The summed E-state index contributed by atoms with van der Waals surface area (Å²) in [6.07, 6.45) is 1.15. The summed E-state index contributed by atoms with van der Waals surface area (Å²) in [6, 6.07) is 15.1. The van der Waals surface area contributed by atoms with Crippen LogP contribution < -0.4 is 15.4 Å². The monoisotopic (exact) mass is 562 g/mol. The van der Waals surface area contributed by atoms with Gasteiger partial charge in [-0.2, -0.15) is 0 Å². The summed E-state index contributed by atoms with van der Waals surface area (Å²) < 4.78 is 32.1. The number of benzene rings is 2. The molecule has 2 amide bonds. The molecule has 39 heavy (non-hydrogen) atoms. The van der Waals surface area contributed by atoms with Crippen molar-refractivity contribution in [2.75, 3.05) is 36.8 Å². The topological polar surface area (TPSA) is 152 Å². The van der Waals surface area contributed by atoms with Crippen molar-refractivity contribution in [1.29, 1.82) is 0 Å². The van der Waals surface area contributed by atoms with Crippen LogP contribution in [0.25, 0.3) is 0 Å². The highest BCUT2D eigenvalue weighted by Crippen LogP contribution is 2.47. The van der Waals surface area contributed by atoms with Gasteiger partial charge in [0.1, 0.15) is 6.04 Å². The lowest BCUT2D eigenvalue weighted by molar-refractivity contribution is -0.351. The maximum Gasteiger partial charge on any atom is 0.247 e. The third-order valence-corrected chi connectivity index (χ3v) is 8.52. The lowest BCUT2D eigenvalue weighted by Crippen LogP contribution is -2.59. The smallest absolute Gasteiger partial charge is 0.247 e. The molecular formula is C27H36N4O7S. The minimum atomic E-state index is -3.46. The number of nitrogens with one attached hydrogen (secondary N) is 1. The second-order valence-electron chi connectivity index (χ2n) is 10.8. The molecule has 4 N–H and O–H groups in total. The molecule has 0 aromatic heterocycles. The Balaban J connectivity index is 1.50. The van der Waals surface area contributed by atoms with Crippen molar-refractivity contribution in [3.05, 3.63) is 65.7 Å². The molecule has 1 fully saturated rings. The average Bonchev–Trinajstić information content (AvgIpc) is 3.23. The summed E-state index contributed by atoms with van der Waals surface area (Å²) in [4.78, 5) is 32.5. The van der Waals surface area contributed by atoms with Crippen molar-refractivity contribution >= 4 is 27.5 Å². The Morgan fingerprint density at radius 1 is 1.13 bits per heavy atom. The van der Waals surface area contributed by atoms with E-state index in [1.54, 1.807) is 35.2 Å². The fourth-order valence-corrected chi connectivity index (χ4v) is 6.18. The molecule has 4 rings (SSSR count).